The van der Waals surface area contributed by atoms with E-state index in [1.54, 1.807) is 13.2 Å². The van der Waals surface area contributed by atoms with Gasteiger partial charge in [-0.25, -0.2) is 4.68 Å². The van der Waals surface area contributed by atoms with Crippen molar-refractivity contribution in [1.29, 1.82) is 0 Å². The lowest BCUT2D eigenvalue weighted by molar-refractivity contribution is -0.134. The second-order valence-corrected chi connectivity index (χ2v) is 6.24. The molecule has 1 aliphatic heterocycles. The Morgan fingerprint density at radius 1 is 1.20 bits per heavy atom. The van der Waals surface area contributed by atoms with E-state index in [2.05, 4.69) is 5.10 Å². The number of hydrogen-bond donors (Lipinski definition) is 0. The van der Waals surface area contributed by atoms with Gasteiger partial charge in [-0.05, 0) is 36.6 Å². The van der Waals surface area contributed by atoms with Gasteiger partial charge in [0.2, 0.25) is 5.91 Å². The first-order valence-corrected chi connectivity index (χ1v) is 8.64. The molecule has 1 aliphatic rings. The zero-order valence-electron chi connectivity index (χ0n) is 14.4. The van der Waals surface area contributed by atoms with Gasteiger partial charge in [0.05, 0.1) is 13.2 Å². The molecular formula is C19H23N3O3. The summed E-state index contributed by atoms with van der Waals surface area (Å²) in [5, 5.41) is 4.00. The third-order valence-corrected chi connectivity index (χ3v) is 4.64. The Morgan fingerprint density at radius 3 is 2.72 bits per heavy atom. The van der Waals surface area contributed by atoms with Gasteiger partial charge in [0.1, 0.15) is 12.3 Å². The number of likely N-dealkylation sites (tertiary alicyclic amines) is 1. The number of rotatable bonds is 4. The van der Waals surface area contributed by atoms with Crippen LogP contribution in [0.3, 0.4) is 0 Å². The zero-order chi connectivity index (χ0) is 17.6. The fourth-order valence-electron chi connectivity index (χ4n) is 3.30. The first-order chi connectivity index (χ1) is 12.2. The summed E-state index contributed by atoms with van der Waals surface area (Å²) in [6.07, 6.45) is 5.63. The van der Waals surface area contributed by atoms with E-state index < -0.39 is 0 Å². The zero-order valence-corrected chi connectivity index (χ0v) is 14.4. The number of hydrogen-bond acceptors (Lipinski definition) is 4. The topological polar surface area (TPSA) is 64.4 Å². The average Bonchev–Trinajstić information content (AvgIpc) is 2.90. The molecule has 1 atom stereocenters. The summed E-state index contributed by atoms with van der Waals surface area (Å²) in [7, 11) is 1.64. The largest absolute Gasteiger partial charge is 0.497 e. The first kappa shape index (κ1) is 17.2. The van der Waals surface area contributed by atoms with E-state index >= 15 is 0 Å². The lowest BCUT2D eigenvalue weighted by atomic mass is 10.0. The van der Waals surface area contributed by atoms with Crippen LogP contribution >= 0.6 is 0 Å². The minimum atomic E-state index is -0.258. The maximum atomic E-state index is 12.9. The predicted molar refractivity (Wildman–Crippen MR) is 94.4 cm³/mol. The standard InChI is InChI=1S/C19H23N3O3/c1-25-16-10-8-15(9-11-16)17-6-3-2-4-13-21(17)19(24)14-22-18(23)7-5-12-20-22/h5,7-12,17H,2-4,6,13-14H2,1H3. The van der Waals surface area contributed by atoms with E-state index in [4.69, 9.17) is 4.74 Å². The molecule has 0 N–H and O–H groups in total. The molecule has 1 saturated heterocycles. The summed E-state index contributed by atoms with van der Waals surface area (Å²) in [5.74, 6) is 0.735. The van der Waals surface area contributed by atoms with E-state index in [-0.39, 0.29) is 24.1 Å². The van der Waals surface area contributed by atoms with E-state index in [1.165, 1.54) is 16.9 Å². The van der Waals surface area contributed by atoms with Crippen LogP contribution in [-0.4, -0.2) is 34.2 Å². The molecule has 25 heavy (non-hydrogen) atoms. The molecule has 1 fully saturated rings. The molecular weight excluding hydrogens is 318 g/mol. The van der Waals surface area contributed by atoms with E-state index in [9.17, 15) is 9.59 Å². The number of carbonyl (C=O) groups excluding carboxylic acids is 1. The quantitative estimate of drug-likeness (QED) is 0.856. The summed E-state index contributed by atoms with van der Waals surface area (Å²) in [6.45, 7) is 0.684. The maximum Gasteiger partial charge on any atom is 0.267 e. The lowest BCUT2D eigenvalue weighted by Crippen LogP contribution is -2.39. The van der Waals surface area contributed by atoms with Crippen LogP contribution in [0.25, 0.3) is 0 Å². The van der Waals surface area contributed by atoms with Crippen molar-refractivity contribution in [2.45, 2.75) is 38.3 Å². The van der Waals surface area contributed by atoms with Crippen molar-refractivity contribution in [3.63, 3.8) is 0 Å². The first-order valence-electron chi connectivity index (χ1n) is 8.64. The van der Waals surface area contributed by atoms with Crippen LogP contribution in [-0.2, 0) is 11.3 Å². The van der Waals surface area contributed by atoms with Crippen LogP contribution in [0.4, 0.5) is 0 Å². The number of nitrogens with zero attached hydrogens (tertiary/aromatic N) is 3. The van der Waals surface area contributed by atoms with Gasteiger partial charge >= 0.3 is 0 Å². The van der Waals surface area contributed by atoms with Crippen LogP contribution in [0.1, 0.15) is 37.3 Å². The molecule has 132 valence electrons. The van der Waals surface area contributed by atoms with Crippen molar-refractivity contribution in [3.8, 4) is 5.75 Å². The van der Waals surface area contributed by atoms with Crippen molar-refractivity contribution in [1.82, 2.24) is 14.7 Å². The summed E-state index contributed by atoms with van der Waals surface area (Å²) < 4.78 is 6.44. The number of methoxy groups -OCH3 is 1. The number of ether oxygens (including phenoxy) is 1. The molecule has 1 aromatic heterocycles. The van der Waals surface area contributed by atoms with Gasteiger partial charge in [0, 0.05) is 18.8 Å². The van der Waals surface area contributed by atoms with Crippen molar-refractivity contribution in [2.75, 3.05) is 13.7 Å². The molecule has 6 nitrogen and oxygen atoms in total. The van der Waals surface area contributed by atoms with Gasteiger partial charge < -0.3 is 9.64 Å². The maximum absolute atomic E-state index is 12.9. The summed E-state index contributed by atoms with van der Waals surface area (Å²) in [4.78, 5) is 26.6. The molecule has 1 amide bonds. The van der Waals surface area contributed by atoms with Crippen LogP contribution < -0.4 is 10.3 Å². The smallest absolute Gasteiger partial charge is 0.267 e. The molecule has 0 radical (unpaired) electrons. The molecule has 1 aromatic carbocycles. The van der Waals surface area contributed by atoms with E-state index in [1.807, 2.05) is 29.2 Å². The second kappa shape index (κ2) is 7.96. The summed E-state index contributed by atoms with van der Waals surface area (Å²) in [5.41, 5.74) is 0.844. The van der Waals surface area contributed by atoms with Gasteiger partial charge in [0.25, 0.3) is 5.56 Å². The molecule has 1 unspecified atom stereocenters. The van der Waals surface area contributed by atoms with Gasteiger partial charge in [-0.15, -0.1) is 0 Å². The Balaban J connectivity index is 1.83. The molecule has 2 aromatic rings. The van der Waals surface area contributed by atoms with Crippen LogP contribution in [0.15, 0.2) is 47.4 Å². The molecule has 0 spiro atoms. The monoisotopic (exact) mass is 341 g/mol. The predicted octanol–water partition coefficient (Wildman–Crippen LogP) is 2.40. The van der Waals surface area contributed by atoms with Crippen LogP contribution in [0.2, 0.25) is 0 Å². The molecule has 3 rings (SSSR count). The summed E-state index contributed by atoms with van der Waals surface area (Å²) in [6, 6.07) is 10.9. The summed E-state index contributed by atoms with van der Waals surface area (Å²) >= 11 is 0. The van der Waals surface area contributed by atoms with E-state index in [0.29, 0.717) is 6.54 Å². The van der Waals surface area contributed by atoms with Crippen molar-refractivity contribution in [3.05, 3.63) is 58.5 Å². The average molecular weight is 341 g/mol. The Kier molecular flexibility index (Phi) is 5.48. The molecule has 0 bridgehead atoms. The minimum Gasteiger partial charge on any atom is -0.497 e. The van der Waals surface area contributed by atoms with Crippen molar-refractivity contribution in [2.24, 2.45) is 0 Å². The van der Waals surface area contributed by atoms with Gasteiger partial charge in [0.15, 0.2) is 0 Å². The SMILES string of the molecule is COc1ccc(C2CCCCCN2C(=O)Cn2ncccc2=O)cc1. The minimum absolute atomic E-state index is 0.0215. The number of carbonyl (C=O) groups is 1. The number of amides is 1. The highest BCUT2D eigenvalue weighted by Gasteiger charge is 2.27. The lowest BCUT2D eigenvalue weighted by Gasteiger charge is -2.30. The van der Waals surface area contributed by atoms with Crippen LogP contribution in [0, 0.1) is 0 Å². The Labute approximate surface area is 147 Å². The van der Waals surface area contributed by atoms with Crippen LogP contribution in [0.5, 0.6) is 5.75 Å². The third-order valence-electron chi connectivity index (χ3n) is 4.64. The fraction of sp³-hybridized carbons (Fsp3) is 0.421. The highest BCUT2D eigenvalue weighted by Crippen LogP contribution is 2.31. The van der Waals surface area contributed by atoms with Gasteiger partial charge in [-0.2, -0.15) is 5.10 Å². The third kappa shape index (κ3) is 4.07. The van der Waals surface area contributed by atoms with E-state index in [0.717, 1.165) is 37.0 Å². The highest BCUT2D eigenvalue weighted by atomic mass is 16.5. The fourth-order valence-corrected chi connectivity index (χ4v) is 3.30. The molecule has 6 heteroatoms. The normalized spacial score (nSPS) is 17.8. The Bertz CT molecular complexity index is 770. The van der Waals surface area contributed by atoms with Crippen molar-refractivity contribution >= 4 is 5.91 Å². The highest BCUT2D eigenvalue weighted by molar-refractivity contribution is 5.76. The van der Waals surface area contributed by atoms with Gasteiger partial charge in [-0.3, -0.25) is 9.59 Å². The van der Waals surface area contributed by atoms with Gasteiger partial charge in [-0.1, -0.05) is 25.0 Å². The molecule has 0 aliphatic carbocycles. The number of aromatic nitrogens is 2. The second-order valence-electron chi connectivity index (χ2n) is 6.24. The Morgan fingerprint density at radius 2 is 2.00 bits per heavy atom. The van der Waals surface area contributed by atoms with Crippen molar-refractivity contribution < 1.29 is 9.53 Å². The molecule has 0 saturated carbocycles. The Hall–Kier alpha value is -2.63. The number of benzene rings is 1. The molecule has 2 heterocycles.